The Labute approximate surface area is 123 Å². The molecule has 114 valence electrons. The first-order valence-corrected chi connectivity index (χ1v) is 9.28. The summed E-state index contributed by atoms with van der Waals surface area (Å²) < 4.78 is 50.3. The number of nitrogens with one attached hydrogen (secondary N) is 2. The molecule has 0 aliphatic rings. The Morgan fingerprint density at radius 3 is 2.25 bits per heavy atom. The lowest BCUT2D eigenvalue weighted by Crippen LogP contribution is -2.34. The number of anilines is 1. The molecule has 0 fully saturated rings. The summed E-state index contributed by atoms with van der Waals surface area (Å²) in [6.07, 6.45) is 0.992. The molecule has 20 heavy (non-hydrogen) atoms. The van der Waals surface area contributed by atoms with Gasteiger partial charge >= 0.3 is 0 Å². The smallest absolute Gasteiger partial charge is 0.240 e. The Bertz CT molecular complexity index is 701. The lowest BCUT2D eigenvalue weighted by Gasteiger charge is -2.11. The quantitative estimate of drug-likeness (QED) is 0.499. The molecule has 0 radical (unpaired) electrons. The van der Waals surface area contributed by atoms with Crippen LogP contribution in [-0.4, -0.2) is 36.2 Å². The van der Waals surface area contributed by atoms with Crippen LogP contribution >= 0.6 is 11.6 Å². The minimum Gasteiger partial charge on any atom is -0.397 e. The fourth-order valence-electron chi connectivity index (χ4n) is 1.46. The average molecular weight is 342 g/mol. The third kappa shape index (κ3) is 4.91. The van der Waals surface area contributed by atoms with E-state index in [4.69, 9.17) is 17.3 Å². The van der Waals surface area contributed by atoms with E-state index in [2.05, 4.69) is 9.44 Å². The standard InChI is InChI=1S/C10H16ClN3O4S2/c1-7-5-8(11)9(12)6-10(7)20(17,18)14-4-3-13-19(2,15)16/h5-6,13-14H,3-4,12H2,1-2H3. The molecule has 0 bridgehead atoms. The van der Waals surface area contributed by atoms with Gasteiger partial charge in [-0.2, -0.15) is 0 Å². The zero-order chi connectivity index (χ0) is 15.6. The zero-order valence-corrected chi connectivity index (χ0v) is 13.4. The molecule has 0 aliphatic carbocycles. The summed E-state index contributed by atoms with van der Waals surface area (Å²) in [6, 6.07) is 2.73. The van der Waals surface area contributed by atoms with E-state index in [1.165, 1.54) is 12.1 Å². The molecule has 7 nitrogen and oxygen atoms in total. The van der Waals surface area contributed by atoms with Crippen LogP contribution in [0.5, 0.6) is 0 Å². The highest BCUT2D eigenvalue weighted by atomic mass is 35.5. The van der Waals surface area contributed by atoms with Crippen molar-refractivity contribution in [3.05, 3.63) is 22.7 Å². The van der Waals surface area contributed by atoms with Crippen LogP contribution in [0, 0.1) is 6.92 Å². The highest BCUT2D eigenvalue weighted by molar-refractivity contribution is 7.89. The van der Waals surface area contributed by atoms with Crippen molar-refractivity contribution in [3.63, 3.8) is 0 Å². The van der Waals surface area contributed by atoms with E-state index < -0.39 is 20.0 Å². The molecule has 0 unspecified atom stereocenters. The molecule has 0 aliphatic heterocycles. The molecular weight excluding hydrogens is 326 g/mol. The van der Waals surface area contributed by atoms with Crippen molar-refractivity contribution >= 4 is 37.3 Å². The van der Waals surface area contributed by atoms with Gasteiger partial charge in [-0.05, 0) is 24.6 Å². The summed E-state index contributed by atoms with van der Waals surface area (Å²) in [6.45, 7) is 1.48. The number of aryl methyl sites for hydroxylation is 1. The third-order valence-corrected chi connectivity index (χ3v) is 5.02. The number of nitrogens with two attached hydrogens (primary N) is 1. The van der Waals surface area contributed by atoms with Gasteiger partial charge < -0.3 is 5.73 Å². The molecule has 1 aromatic rings. The lowest BCUT2D eigenvalue weighted by molar-refractivity contribution is 0.573. The Morgan fingerprint density at radius 2 is 1.70 bits per heavy atom. The van der Waals surface area contributed by atoms with Crippen molar-refractivity contribution in [2.24, 2.45) is 0 Å². The van der Waals surface area contributed by atoms with Crippen LogP contribution < -0.4 is 15.2 Å². The lowest BCUT2D eigenvalue weighted by atomic mass is 10.2. The SMILES string of the molecule is Cc1cc(Cl)c(N)cc1S(=O)(=O)NCCNS(C)(=O)=O. The highest BCUT2D eigenvalue weighted by Gasteiger charge is 2.18. The first-order valence-electron chi connectivity index (χ1n) is 5.53. The van der Waals surface area contributed by atoms with Crippen molar-refractivity contribution in [1.82, 2.24) is 9.44 Å². The Kier molecular flexibility index (Phi) is 5.39. The first kappa shape index (κ1) is 17.2. The molecule has 1 rings (SSSR count). The largest absolute Gasteiger partial charge is 0.397 e. The number of benzene rings is 1. The molecule has 0 amide bonds. The van der Waals surface area contributed by atoms with Gasteiger partial charge in [0.25, 0.3) is 0 Å². The van der Waals surface area contributed by atoms with Crippen molar-refractivity contribution in [1.29, 1.82) is 0 Å². The summed E-state index contributed by atoms with van der Waals surface area (Å²) in [7, 11) is -7.12. The van der Waals surface area contributed by atoms with Gasteiger partial charge in [0.2, 0.25) is 20.0 Å². The van der Waals surface area contributed by atoms with Crippen LogP contribution in [0.2, 0.25) is 5.02 Å². The van der Waals surface area contributed by atoms with Gasteiger partial charge in [-0.25, -0.2) is 26.3 Å². The second-order valence-corrected chi connectivity index (χ2v) is 8.18. The Balaban J connectivity index is 2.82. The number of sulfonamides is 2. The Morgan fingerprint density at radius 1 is 1.15 bits per heavy atom. The fraction of sp³-hybridized carbons (Fsp3) is 0.400. The van der Waals surface area contributed by atoms with Gasteiger partial charge in [0, 0.05) is 13.1 Å². The minimum absolute atomic E-state index is 0.0127. The van der Waals surface area contributed by atoms with Crippen LogP contribution in [0.4, 0.5) is 5.69 Å². The van der Waals surface area contributed by atoms with E-state index in [0.29, 0.717) is 5.56 Å². The van der Waals surface area contributed by atoms with Gasteiger partial charge in [0.15, 0.2) is 0 Å². The van der Waals surface area contributed by atoms with Gasteiger partial charge in [-0.3, -0.25) is 0 Å². The second kappa shape index (κ2) is 6.27. The number of rotatable bonds is 6. The maximum absolute atomic E-state index is 12.1. The maximum atomic E-state index is 12.1. The van der Waals surface area contributed by atoms with Crippen molar-refractivity contribution in [3.8, 4) is 0 Å². The molecular formula is C10H16ClN3O4S2. The summed E-state index contributed by atoms with van der Waals surface area (Å²) in [5, 5.41) is 0.278. The maximum Gasteiger partial charge on any atom is 0.240 e. The van der Waals surface area contributed by atoms with Crippen molar-refractivity contribution in [2.45, 2.75) is 11.8 Å². The molecule has 10 heteroatoms. The van der Waals surface area contributed by atoms with E-state index in [9.17, 15) is 16.8 Å². The average Bonchev–Trinajstić information content (AvgIpc) is 2.28. The zero-order valence-electron chi connectivity index (χ0n) is 11.0. The Hall–Kier alpha value is -0.870. The molecule has 1 aromatic carbocycles. The highest BCUT2D eigenvalue weighted by Crippen LogP contribution is 2.25. The van der Waals surface area contributed by atoms with Gasteiger partial charge in [0.1, 0.15) is 0 Å². The molecule has 0 spiro atoms. The van der Waals surface area contributed by atoms with Gasteiger partial charge in [-0.1, -0.05) is 11.6 Å². The van der Waals surface area contributed by atoms with Crippen LogP contribution in [0.15, 0.2) is 17.0 Å². The molecule has 0 atom stereocenters. The number of hydrogen-bond acceptors (Lipinski definition) is 5. The molecule has 4 N–H and O–H groups in total. The van der Waals surface area contributed by atoms with Gasteiger partial charge in [-0.15, -0.1) is 0 Å². The normalized spacial score (nSPS) is 12.6. The molecule has 0 saturated carbocycles. The second-order valence-electron chi connectivity index (χ2n) is 4.20. The topological polar surface area (TPSA) is 118 Å². The van der Waals surface area contributed by atoms with Crippen LogP contribution in [-0.2, 0) is 20.0 Å². The summed E-state index contributed by atoms with van der Waals surface area (Å²) in [5.74, 6) is 0. The minimum atomic E-state index is -3.77. The summed E-state index contributed by atoms with van der Waals surface area (Å²) in [5.41, 5.74) is 6.19. The fourth-order valence-corrected chi connectivity index (χ4v) is 3.44. The van der Waals surface area contributed by atoms with E-state index >= 15 is 0 Å². The van der Waals surface area contributed by atoms with Crippen molar-refractivity contribution in [2.75, 3.05) is 25.1 Å². The van der Waals surface area contributed by atoms with Gasteiger partial charge in [0.05, 0.1) is 21.9 Å². The van der Waals surface area contributed by atoms with Crippen LogP contribution in [0.25, 0.3) is 0 Å². The number of halogens is 1. The molecule has 0 saturated heterocycles. The number of nitrogen functional groups attached to an aromatic ring is 1. The first-order chi connectivity index (χ1) is 9.03. The monoisotopic (exact) mass is 341 g/mol. The van der Waals surface area contributed by atoms with Crippen LogP contribution in [0.1, 0.15) is 5.56 Å². The molecule has 0 aromatic heterocycles. The van der Waals surface area contributed by atoms with E-state index in [1.54, 1.807) is 6.92 Å². The van der Waals surface area contributed by atoms with E-state index in [-0.39, 0.29) is 28.7 Å². The number of hydrogen-bond donors (Lipinski definition) is 3. The molecule has 0 heterocycles. The van der Waals surface area contributed by atoms with E-state index in [1.807, 2.05) is 0 Å². The summed E-state index contributed by atoms with van der Waals surface area (Å²) >= 11 is 5.80. The van der Waals surface area contributed by atoms with Crippen LogP contribution in [0.3, 0.4) is 0 Å². The summed E-state index contributed by atoms with van der Waals surface area (Å²) in [4.78, 5) is 0.0127. The predicted octanol–water partition coefficient (Wildman–Crippen LogP) is 0.0581. The van der Waals surface area contributed by atoms with E-state index in [0.717, 1.165) is 6.26 Å². The predicted molar refractivity (Wildman–Crippen MR) is 78.6 cm³/mol. The van der Waals surface area contributed by atoms with Crippen molar-refractivity contribution < 1.29 is 16.8 Å². The third-order valence-electron chi connectivity index (χ3n) is 2.37.